The number of aliphatic hydroxyl groups excluding tert-OH is 1. The molecule has 2 aromatic carbocycles. The summed E-state index contributed by atoms with van der Waals surface area (Å²) in [6.45, 7) is 4.13. The van der Waals surface area contributed by atoms with E-state index >= 15 is 0 Å². The molecule has 0 radical (unpaired) electrons. The van der Waals surface area contributed by atoms with Crippen molar-refractivity contribution in [2.24, 2.45) is 11.8 Å². The van der Waals surface area contributed by atoms with Gasteiger partial charge in [0.15, 0.2) is 5.78 Å². The number of halogens is 1. The summed E-state index contributed by atoms with van der Waals surface area (Å²) in [5, 5.41) is 9.74. The van der Waals surface area contributed by atoms with Crippen molar-refractivity contribution in [2.75, 3.05) is 0 Å². The Kier molecular flexibility index (Phi) is 5.00. The Morgan fingerprint density at radius 3 is 2.72 bits per heavy atom. The van der Waals surface area contributed by atoms with E-state index in [4.69, 9.17) is 4.98 Å². The van der Waals surface area contributed by atoms with Crippen LogP contribution in [-0.4, -0.2) is 20.4 Å². The van der Waals surface area contributed by atoms with Crippen LogP contribution in [0.15, 0.2) is 66.4 Å². The predicted octanol–water partition coefficient (Wildman–Crippen LogP) is 5.47. The Morgan fingerprint density at radius 1 is 1.22 bits per heavy atom. The van der Waals surface area contributed by atoms with Crippen molar-refractivity contribution in [3.05, 3.63) is 95.0 Å². The third-order valence-electron chi connectivity index (χ3n) is 7.41. The zero-order chi connectivity index (χ0) is 22.5. The summed E-state index contributed by atoms with van der Waals surface area (Å²) in [6.07, 6.45) is 3.71. The summed E-state index contributed by atoms with van der Waals surface area (Å²) in [4.78, 5) is 17.9. The van der Waals surface area contributed by atoms with Gasteiger partial charge in [-0.25, -0.2) is 9.37 Å². The molecule has 1 fully saturated rings. The number of hydrogen-bond donors (Lipinski definition) is 1. The number of imidazole rings is 1. The predicted molar refractivity (Wildman–Crippen MR) is 121 cm³/mol. The number of carbonyl (C=O) groups is 1. The molecule has 3 atom stereocenters. The van der Waals surface area contributed by atoms with Gasteiger partial charge in [-0.15, -0.1) is 0 Å². The van der Waals surface area contributed by atoms with Gasteiger partial charge in [0.2, 0.25) is 0 Å². The highest BCUT2D eigenvalue weighted by molar-refractivity contribution is 5.98. The lowest BCUT2D eigenvalue weighted by molar-refractivity contribution is -0.124. The SMILES string of the molecule is C[C@H]1C(=O)/C(=C\O)C[C@@]2(C)c3nc(Cc4ccccc4)n(-c4cccc(F)c4)c3CC[C@H]12. The highest BCUT2D eigenvalue weighted by Crippen LogP contribution is 2.52. The average molecular weight is 431 g/mol. The Morgan fingerprint density at radius 2 is 2.00 bits per heavy atom. The highest BCUT2D eigenvalue weighted by atomic mass is 19.1. The maximum Gasteiger partial charge on any atom is 0.165 e. The summed E-state index contributed by atoms with van der Waals surface area (Å²) in [5.74, 6) is 0.613. The first-order valence-electron chi connectivity index (χ1n) is 11.2. The fourth-order valence-electron chi connectivity index (χ4n) is 5.88. The second-order valence-electron chi connectivity index (χ2n) is 9.35. The molecular weight excluding hydrogens is 403 g/mol. The number of aliphatic hydroxyl groups is 1. The summed E-state index contributed by atoms with van der Waals surface area (Å²) in [7, 11) is 0. The molecule has 0 aliphatic heterocycles. The largest absolute Gasteiger partial charge is 0.515 e. The molecule has 5 rings (SSSR count). The van der Waals surface area contributed by atoms with Crippen LogP contribution in [-0.2, 0) is 23.1 Å². The van der Waals surface area contributed by atoms with Crippen LogP contribution in [0, 0.1) is 17.7 Å². The van der Waals surface area contributed by atoms with Gasteiger partial charge in [0.1, 0.15) is 11.6 Å². The number of allylic oxidation sites excluding steroid dienone is 1. The molecule has 32 heavy (non-hydrogen) atoms. The van der Waals surface area contributed by atoms with Crippen molar-refractivity contribution in [3.8, 4) is 5.69 Å². The monoisotopic (exact) mass is 430 g/mol. The molecule has 1 N–H and O–H groups in total. The van der Waals surface area contributed by atoms with Gasteiger partial charge in [0, 0.05) is 34.7 Å². The van der Waals surface area contributed by atoms with Crippen LogP contribution in [0.3, 0.4) is 0 Å². The Labute approximate surface area is 187 Å². The van der Waals surface area contributed by atoms with Gasteiger partial charge in [-0.1, -0.05) is 50.2 Å². The van der Waals surface area contributed by atoms with Gasteiger partial charge in [-0.05, 0) is 48.9 Å². The molecule has 1 saturated carbocycles. The van der Waals surface area contributed by atoms with Crippen molar-refractivity contribution in [1.82, 2.24) is 9.55 Å². The fraction of sp³-hybridized carbons (Fsp3) is 0.333. The first-order valence-corrected chi connectivity index (χ1v) is 11.2. The van der Waals surface area contributed by atoms with Gasteiger partial charge in [0.25, 0.3) is 0 Å². The van der Waals surface area contributed by atoms with Gasteiger partial charge in [-0.3, -0.25) is 4.79 Å². The molecule has 1 aromatic heterocycles. The molecule has 0 saturated heterocycles. The lowest BCUT2D eigenvalue weighted by Gasteiger charge is -2.47. The highest BCUT2D eigenvalue weighted by Gasteiger charge is 2.52. The third kappa shape index (κ3) is 3.19. The van der Waals surface area contributed by atoms with Crippen LogP contribution >= 0.6 is 0 Å². The topological polar surface area (TPSA) is 55.1 Å². The van der Waals surface area contributed by atoms with E-state index < -0.39 is 0 Å². The first kappa shape index (κ1) is 20.7. The van der Waals surface area contributed by atoms with Crippen molar-refractivity contribution in [2.45, 2.75) is 44.9 Å². The maximum atomic E-state index is 14.2. The van der Waals surface area contributed by atoms with Crippen LogP contribution in [0.4, 0.5) is 4.39 Å². The molecule has 2 aliphatic rings. The minimum Gasteiger partial charge on any atom is -0.515 e. The van der Waals surface area contributed by atoms with Gasteiger partial charge >= 0.3 is 0 Å². The van der Waals surface area contributed by atoms with Crippen LogP contribution in [0.2, 0.25) is 0 Å². The molecule has 3 aromatic rings. The first-order chi connectivity index (χ1) is 15.4. The van der Waals surface area contributed by atoms with Gasteiger partial charge in [-0.2, -0.15) is 0 Å². The smallest absolute Gasteiger partial charge is 0.165 e. The molecule has 4 nitrogen and oxygen atoms in total. The second-order valence-corrected chi connectivity index (χ2v) is 9.35. The molecule has 164 valence electrons. The summed E-state index contributed by atoms with van der Waals surface area (Å²) >= 11 is 0. The fourth-order valence-corrected chi connectivity index (χ4v) is 5.88. The van der Waals surface area contributed by atoms with Gasteiger partial charge in [0.05, 0.1) is 12.0 Å². The number of ketones is 1. The van der Waals surface area contributed by atoms with E-state index in [0.717, 1.165) is 47.6 Å². The number of aromatic nitrogens is 2. The number of nitrogens with zero attached hydrogens (tertiary/aromatic N) is 2. The number of Topliss-reactive ketones (excluding diaryl/α,β-unsaturated/α-hetero) is 1. The lowest BCUT2D eigenvalue weighted by Crippen LogP contribution is -2.48. The zero-order valence-corrected chi connectivity index (χ0v) is 18.4. The van der Waals surface area contributed by atoms with E-state index in [1.165, 1.54) is 6.07 Å². The van der Waals surface area contributed by atoms with Crippen LogP contribution in [0.25, 0.3) is 5.69 Å². The second kappa shape index (κ2) is 7.73. The standard InChI is InChI=1S/C27H27FN2O2/c1-17-22-11-12-23-26(27(22,2)15-19(16-31)25(17)32)29-24(13-18-7-4-3-5-8-18)30(23)21-10-6-9-20(28)14-21/h3-10,14,16-17,22,31H,11-13,15H2,1-2H3/b19-16-/t17-,22-,27-/m1/s1. The minimum absolute atomic E-state index is 0.0347. The molecule has 5 heteroatoms. The molecular formula is C27H27FN2O2. The van der Waals surface area contributed by atoms with Crippen molar-refractivity contribution < 1.29 is 14.3 Å². The molecule has 0 unspecified atom stereocenters. The molecule has 2 aliphatic carbocycles. The van der Waals surface area contributed by atoms with Gasteiger partial charge < -0.3 is 9.67 Å². The van der Waals surface area contributed by atoms with Crippen molar-refractivity contribution >= 4 is 5.78 Å². The third-order valence-corrected chi connectivity index (χ3v) is 7.41. The summed E-state index contributed by atoms with van der Waals surface area (Å²) in [5.41, 5.74) is 4.07. The van der Waals surface area contributed by atoms with E-state index in [-0.39, 0.29) is 28.9 Å². The average Bonchev–Trinajstić information content (AvgIpc) is 3.16. The Hall–Kier alpha value is -3.21. The quantitative estimate of drug-likeness (QED) is 0.443. The van der Waals surface area contributed by atoms with Crippen LogP contribution in [0.5, 0.6) is 0 Å². The minimum atomic E-state index is -0.362. The number of hydrogen-bond acceptors (Lipinski definition) is 3. The van der Waals surface area contributed by atoms with Crippen LogP contribution in [0.1, 0.15) is 49.5 Å². The van der Waals surface area contributed by atoms with E-state index in [1.54, 1.807) is 12.1 Å². The van der Waals surface area contributed by atoms with E-state index in [0.29, 0.717) is 18.4 Å². The number of fused-ring (bicyclic) bond motifs is 3. The molecule has 1 heterocycles. The summed E-state index contributed by atoms with van der Waals surface area (Å²) in [6, 6.07) is 16.8. The lowest BCUT2D eigenvalue weighted by atomic mass is 9.56. The maximum absolute atomic E-state index is 14.2. The zero-order valence-electron chi connectivity index (χ0n) is 18.4. The Bertz CT molecular complexity index is 1210. The normalized spacial score (nSPS) is 26.1. The van der Waals surface area contributed by atoms with Crippen molar-refractivity contribution in [3.63, 3.8) is 0 Å². The van der Waals surface area contributed by atoms with Crippen molar-refractivity contribution in [1.29, 1.82) is 0 Å². The number of carbonyl (C=O) groups excluding carboxylic acids is 1. The van der Waals surface area contributed by atoms with E-state index in [2.05, 4.69) is 23.6 Å². The number of rotatable bonds is 3. The van der Waals surface area contributed by atoms with E-state index in [9.17, 15) is 14.3 Å². The molecule has 0 spiro atoms. The Balaban J connectivity index is 1.70. The van der Waals surface area contributed by atoms with E-state index in [1.807, 2.05) is 31.2 Å². The van der Waals surface area contributed by atoms with Crippen LogP contribution < -0.4 is 0 Å². The number of benzene rings is 2. The summed E-state index contributed by atoms with van der Waals surface area (Å²) < 4.78 is 16.3. The molecule has 0 bridgehead atoms. The molecule has 0 amide bonds.